The molecule has 0 aliphatic carbocycles. The van der Waals surface area contributed by atoms with Crippen LogP contribution in [0.1, 0.15) is 0 Å². The van der Waals surface area contributed by atoms with Crippen LogP contribution in [-0.2, 0) is 0 Å². The number of rotatable bonds is 5. The maximum Gasteiger partial charge on any atom is 0.167 e. The van der Waals surface area contributed by atoms with Crippen molar-refractivity contribution >= 4 is 65.8 Å². The first-order chi connectivity index (χ1) is 28.2. The molecule has 0 saturated carbocycles. The van der Waals surface area contributed by atoms with Crippen LogP contribution in [0.4, 0.5) is 0 Å². The number of hydrogen-bond acceptors (Lipinski definition) is 6. The highest BCUT2D eigenvalue weighted by molar-refractivity contribution is 6.11. The monoisotopic (exact) mass is 731 g/mol. The van der Waals surface area contributed by atoms with E-state index in [-0.39, 0.29) is 0 Å². The SMILES string of the molecule is c1ccc(-c2nc(-c3ccc(-n4c5ccccc5c5cc(-c6ccc7c(c6)oc6ccccc67)ccc54)cc3)nc(-c3cccc4c3oc3cccnc34)n2)cc1. The third-order valence-electron chi connectivity index (χ3n) is 10.9. The summed E-state index contributed by atoms with van der Waals surface area (Å²) in [6.45, 7) is 0. The number of hydrogen-bond donors (Lipinski definition) is 0. The number of pyridine rings is 1. The molecule has 12 rings (SSSR count). The molecule has 0 aliphatic heterocycles. The summed E-state index contributed by atoms with van der Waals surface area (Å²) < 4.78 is 14.9. The lowest BCUT2D eigenvalue weighted by molar-refractivity contribution is 0.668. The zero-order valence-corrected chi connectivity index (χ0v) is 30.3. The van der Waals surface area contributed by atoms with Crippen LogP contribution >= 0.6 is 0 Å². The number of fused-ring (bicyclic) bond motifs is 9. The smallest absolute Gasteiger partial charge is 0.167 e. The molecule has 57 heavy (non-hydrogen) atoms. The molecule has 5 aromatic heterocycles. The van der Waals surface area contributed by atoms with E-state index in [0.29, 0.717) is 23.1 Å². The minimum atomic E-state index is 0.533. The first-order valence-electron chi connectivity index (χ1n) is 18.9. The normalized spacial score (nSPS) is 11.9. The summed E-state index contributed by atoms with van der Waals surface area (Å²) in [7, 11) is 0. The van der Waals surface area contributed by atoms with Crippen LogP contribution in [0, 0.1) is 0 Å². The van der Waals surface area contributed by atoms with E-state index in [4.69, 9.17) is 23.8 Å². The molecule has 0 atom stereocenters. The first-order valence-corrected chi connectivity index (χ1v) is 18.9. The van der Waals surface area contributed by atoms with Gasteiger partial charge in [0.2, 0.25) is 0 Å². The van der Waals surface area contributed by atoms with Gasteiger partial charge in [-0.3, -0.25) is 4.98 Å². The van der Waals surface area contributed by atoms with E-state index < -0.39 is 0 Å². The molecule has 0 saturated heterocycles. The Bertz CT molecular complexity index is 3530. The molecule has 7 heteroatoms. The number of benzene rings is 7. The van der Waals surface area contributed by atoms with Gasteiger partial charge in [-0.2, -0.15) is 0 Å². The predicted octanol–water partition coefficient (Wildman–Crippen LogP) is 12.8. The zero-order valence-electron chi connectivity index (χ0n) is 30.3. The highest BCUT2D eigenvalue weighted by Gasteiger charge is 2.19. The van der Waals surface area contributed by atoms with Crippen molar-refractivity contribution in [3.05, 3.63) is 176 Å². The Labute approximate surface area is 325 Å². The highest BCUT2D eigenvalue weighted by Crippen LogP contribution is 2.38. The Morgan fingerprint density at radius 1 is 0.386 bits per heavy atom. The fraction of sp³-hybridized carbons (Fsp3) is 0. The van der Waals surface area contributed by atoms with Crippen LogP contribution in [0.25, 0.3) is 117 Å². The van der Waals surface area contributed by atoms with Gasteiger partial charge in [0.1, 0.15) is 22.3 Å². The topological polar surface area (TPSA) is 82.8 Å². The molecule has 0 unspecified atom stereocenters. The van der Waals surface area contributed by atoms with Gasteiger partial charge >= 0.3 is 0 Å². The van der Waals surface area contributed by atoms with Crippen molar-refractivity contribution in [2.45, 2.75) is 0 Å². The van der Waals surface area contributed by atoms with Gasteiger partial charge in [0, 0.05) is 49.9 Å². The lowest BCUT2D eigenvalue weighted by Crippen LogP contribution is -2.00. The van der Waals surface area contributed by atoms with E-state index in [1.165, 1.54) is 10.8 Å². The molecule has 0 N–H and O–H groups in total. The number of furan rings is 2. The van der Waals surface area contributed by atoms with Gasteiger partial charge in [0.25, 0.3) is 0 Å². The Hall–Kier alpha value is -7.90. The standard InChI is InChI=1S/C50H29N5O2/c1-2-10-30(11-3-1)48-52-49(54-50(53-48)39-15-8-14-38-46-44(57-47(38)39)18-9-27-51-46)31-19-23-34(24-20-31)55-41-16-6-4-12-35(41)40-28-32(22-26-42(40)55)33-21-25-37-36-13-5-7-17-43(36)56-45(37)29-33/h1-29H. The molecule has 0 fully saturated rings. The van der Waals surface area contributed by atoms with E-state index in [2.05, 4.69) is 107 Å². The van der Waals surface area contributed by atoms with Crippen molar-refractivity contribution in [3.63, 3.8) is 0 Å². The summed E-state index contributed by atoms with van der Waals surface area (Å²) in [5, 5.41) is 5.55. The lowest BCUT2D eigenvalue weighted by Gasteiger charge is -2.11. The van der Waals surface area contributed by atoms with E-state index >= 15 is 0 Å². The zero-order chi connectivity index (χ0) is 37.5. The van der Waals surface area contributed by atoms with E-state index in [0.717, 1.165) is 83.0 Å². The van der Waals surface area contributed by atoms with Gasteiger partial charge in [0.05, 0.1) is 16.6 Å². The third kappa shape index (κ3) is 4.99. The summed E-state index contributed by atoms with van der Waals surface area (Å²) in [5.41, 5.74) is 12.1. The molecule has 266 valence electrons. The lowest BCUT2D eigenvalue weighted by atomic mass is 10.0. The number of aromatic nitrogens is 5. The van der Waals surface area contributed by atoms with Gasteiger partial charge in [-0.1, -0.05) is 84.9 Å². The maximum absolute atomic E-state index is 6.35. The van der Waals surface area contributed by atoms with Gasteiger partial charge < -0.3 is 13.4 Å². The molecular formula is C50H29N5O2. The summed E-state index contributed by atoms with van der Waals surface area (Å²) in [6.07, 6.45) is 1.78. The second-order valence-corrected chi connectivity index (χ2v) is 14.2. The van der Waals surface area contributed by atoms with Crippen LogP contribution in [0.5, 0.6) is 0 Å². The van der Waals surface area contributed by atoms with E-state index in [1.807, 2.05) is 72.8 Å². The fourth-order valence-electron chi connectivity index (χ4n) is 8.23. The second kappa shape index (κ2) is 12.3. The predicted molar refractivity (Wildman–Crippen MR) is 228 cm³/mol. The van der Waals surface area contributed by atoms with Crippen LogP contribution in [0.15, 0.2) is 185 Å². The van der Waals surface area contributed by atoms with E-state index in [9.17, 15) is 0 Å². The molecule has 7 aromatic carbocycles. The third-order valence-corrected chi connectivity index (χ3v) is 10.9. The van der Waals surface area contributed by atoms with Crippen LogP contribution in [0.3, 0.4) is 0 Å². The molecule has 7 nitrogen and oxygen atoms in total. The Morgan fingerprint density at radius 3 is 1.91 bits per heavy atom. The van der Waals surface area contributed by atoms with Crippen LogP contribution < -0.4 is 0 Å². The Kier molecular flexibility index (Phi) is 6.79. The molecule has 0 amide bonds. The van der Waals surface area contributed by atoms with Crippen molar-refractivity contribution in [1.82, 2.24) is 24.5 Å². The van der Waals surface area contributed by atoms with Crippen molar-refractivity contribution in [2.24, 2.45) is 0 Å². The van der Waals surface area contributed by atoms with Crippen molar-refractivity contribution < 1.29 is 8.83 Å². The second-order valence-electron chi connectivity index (χ2n) is 14.2. The average Bonchev–Trinajstić information content (AvgIpc) is 3.96. The van der Waals surface area contributed by atoms with Gasteiger partial charge in [-0.25, -0.2) is 15.0 Å². The minimum absolute atomic E-state index is 0.533. The summed E-state index contributed by atoms with van der Waals surface area (Å²) >= 11 is 0. The van der Waals surface area contributed by atoms with Gasteiger partial charge in [0.15, 0.2) is 23.1 Å². The average molecular weight is 732 g/mol. The highest BCUT2D eigenvalue weighted by atomic mass is 16.3. The molecule has 0 aliphatic rings. The van der Waals surface area contributed by atoms with Crippen LogP contribution in [0.2, 0.25) is 0 Å². The summed E-state index contributed by atoms with van der Waals surface area (Å²) in [6, 6.07) is 58.3. The van der Waals surface area contributed by atoms with Crippen molar-refractivity contribution in [3.8, 4) is 51.0 Å². The maximum atomic E-state index is 6.35. The van der Waals surface area contributed by atoms with E-state index in [1.54, 1.807) is 6.20 Å². The molecular weight excluding hydrogens is 703 g/mol. The summed E-state index contributed by atoms with van der Waals surface area (Å²) in [5.74, 6) is 1.69. The minimum Gasteiger partial charge on any atom is -0.456 e. The van der Waals surface area contributed by atoms with Crippen molar-refractivity contribution in [1.29, 1.82) is 0 Å². The largest absolute Gasteiger partial charge is 0.456 e. The molecule has 0 radical (unpaired) electrons. The molecule has 0 spiro atoms. The number of para-hydroxylation sites is 3. The molecule has 5 heterocycles. The van der Waals surface area contributed by atoms with Crippen molar-refractivity contribution in [2.75, 3.05) is 0 Å². The quantitative estimate of drug-likeness (QED) is 0.175. The summed E-state index contributed by atoms with van der Waals surface area (Å²) in [4.78, 5) is 19.6. The molecule has 12 aromatic rings. The van der Waals surface area contributed by atoms with Gasteiger partial charge in [-0.15, -0.1) is 0 Å². The first kappa shape index (κ1) is 31.5. The van der Waals surface area contributed by atoms with Gasteiger partial charge in [-0.05, 0) is 96.1 Å². The Morgan fingerprint density at radius 2 is 1.04 bits per heavy atom. The fourth-order valence-corrected chi connectivity index (χ4v) is 8.23. The molecule has 0 bridgehead atoms. The number of nitrogens with zero attached hydrogens (tertiary/aromatic N) is 5. The Balaban J connectivity index is 0.968. The van der Waals surface area contributed by atoms with Crippen LogP contribution in [-0.4, -0.2) is 24.5 Å².